The summed E-state index contributed by atoms with van der Waals surface area (Å²) in [7, 11) is 1.64. The van der Waals surface area contributed by atoms with E-state index in [2.05, 4.69) is 0 Å². The van der Waals surface area contributed by atoms with Crippen LogP contribution in [0.25, 0.3) is 0 Å². The highest BCUT2D eigenvalue weighted by Gasteiger charge is 2.13. The maximum Gasteiger partial charge on any atom is 0.306 e. The minimum atomic E-state index is -0.140. The van der Waals surface area contributed by atoms with E-state index in [4.69, 9.17) is 9.47 Å². The number of ether oxygens (including phenoxy) is 2. The average molecular weight is 250 g/mol. The van der Waals surface area contributed by atoms with Crippen LogP contribution < -0.4 is 4.74 Å². The number of hydrogen-bond donors (Lipinski definition) is 0. The van der Waals surface area contributed by atoms with Crippen molar-refractivity contribution in [1.29, 1.82) is 0 Å². The molecule has 0 radical (unpaired) electrons. The largest absolute Gasteiger partial charge is 0.497 e. The van der Waals surface area contributed by atoms with Gasteiger partial charge in [-0.05, 0) is 29.5 Å². The van der Waals surface area contributed by atoms with Crippen molar-refractivity contribution >= 4 is 5.97 Å². The summed E-state index contributed by atoms with van der Waals surface area (Å²) in [4.78, 5) is 11.6. The zero-order valence-corrected chi connectivity index (χ0v) is 11.6. The van der Waals surface area contributed by atoms with Crippen molar-refractivity contribution in [2.75, 3.05) is 13.7 Å². The lowest BCUT2D eigenvalue weighted by Gasteiger charge is -2.13. The molecular formula is C15H22O3. The third kappa shape index (κ3) is 4.78. The van der Waals surface area contributed by atoms with Gasteiger partial charge in [0.1, 0.15) is 5.75 Å². The highest BCUT2D eigenvalue weighted by molar-refractivity contribution is 5.70. The fourth-order valence-corrected chi connectivity index (χ4v) is 1.63. The lowest BCUT2D eigenvalue weighted by Crippen LogP contribution is -2.12. The molecule has 0 heterocycles. The predicted octanol–water partition coefficient (Wildman–Crippen LogP) is 3.39. The number of hydrogen-bond acceptors (Lipinski definition) is 3. The normalized spacial score (nSPS) is 12.3. The maximum absolute atomic E-state index is 11.6. The molecule has 0 saturated heterocycles. The number of esters is 1. The molecular weight excluding hydrogens is 228 g/mol. The smallest absolute Gasteiger partial charge is 0.306 e. The van der Waals surface area contributed by atoms with Crippen LogP contribution in [0, 0.1) is 5.92 Å². The van der Waals surface area contributed by atoms with Crippen LogP contribution in [0.4, 0.5) is 0 Å². The SMILES string of the molecule is COc1cccc([C@H](C)CC(=O)OCC(C)C)c1. The summed E-state index contributed by atoms with van der Waals surface area (Å²) in [6.07, 6.45) is 0.403. The van der Waals surface area contributed by atoms with Crippen LogP contribution in [-0.4, -0.2) is 19.7 Å². The molecule has 0 fully saturated rings. The molecule has 0 aliphatic heterocycles. The van der Waals surface area contributed by atoms with Crippen LogP contribution in [0.2, 0.25) is 0 Å². The van der Waals surface area contributed by atoms with Crippen LogP contribution in [-0.2, 0) is 9.53 Å². The van der Waals surface area contributed by atoms with Gasteiger partial charge in [0.05, 0.1) is 20.1 Å². The van der Waals surface area contributed by atoms with E-state index in [-0.39, 0.29) is 11.9 Å². The molecule has 0 aliphatic carbocycles. The van der Waals surface area contributed by atoms with Gasteiger partial charge >= 0.3 is 5.97 Å². The molecule has 1 rings (SSSR count). The Labute approximate surface area is 109 Å². The summed E-state index contributed by atoms with van der Waals surface area (Å²) in [5, 5.41) is 0. The Balaban J connectivity index is 2.53. The van der Waals surface area contributed by atoms with Crippen molar-refractivity contribution in [3.8, 4) is 5.75 Å². The van der Waals surface area contributed by atoms with Gasteiger partial charge in [0.2, 0.25) is 0 Å². The first kappa shape index (κ1) is 14.6. The molecule has 3 heteroatoms. The summed E-state index contributed by atoms with van der Waals surface area (Å²) in [5.74, 6) is 1.19. The van der Waals surface area contributed by atoms with Crippen molar-refractivity contribution < 1.29 is 14.3 Å². The van der Waals surface area contributed by atoms with E-state index in [9.17, 15) is 4.79 Å². The van der Waals surface area contributed by atoms with Crippen LogP contribution in [0.15, 0.2) is 24.3 Å². The van der Waals surface area contributed by atoms with Gasteiger partial charge in [-0.1, -0.05) is 32.9 Å². The average Bonchev–Trinajstić information content (AvgIpc) is 2.36. The molecule has 0 bridgehead atoms. The molecule has 1 atom stereocenters. The molecule has 0 amide bonds. The lowest BCUT2D eigenvalue weighted by atomic mass is 9.98. The number of carbonyl (C=O) groups excluding carboxylic acids is 1. The molecule has 0 saturated carbocycles. The van der Waals surface area contributed by atoms with Crippen molar-refractivity contribution in [1.82, 2.24) is 0 Å². The van der Waals surface area contributed by atoms with E-state index in [1.807, 2.05) is 45.0 Å². The second kappa shape index (κ2) is 7.04. The van der Waals surface area contributed by atoms with Crippen molar-refractivity contribution in [3.05, 3.63) is 29.8 Å². The third-order valence-electron chi connectivity index (χ3n) is 2.71. The summed E-state index contributed by atoms with van der Waals surface area (Å²) >= 11 is 0. The van der Waals surface area contributed by atoms with E-state index in [1.165, 1.54) is 0 Å². The molecule has 100 valence electrons. The Morgan fingerprint density at radius 2 is 2.00 bits per heavy atom. The van der Waals surface area contributed by atoms with Crippen LogP contribution >= 0.6 is 0 Å². The molecule has 1 aromatic rings. The summed E-state index contributed by atoms with van der Waals surface area (Å²) in [5.41, 5.74) is 1.09. The van der Waals surface area contributed by atoms with Crippen LogP contribution in [0.3, 0.4) is 0 Å². The molecule has 18 heavy (non-hydrogen) atoms. The Bertz CT molecular complexity index is 385. The Hall–Kier alpha value is -1.51. The van der Waals surface area contributed by atoms with Gasteiger partial charge in [-0.3, -0.25) is 4.79 Å². The highest BCUT2D eigenvalue weighted by atomic mass is 16.5. The van der Waals surface area contributed by atoms with Crippen molar-refractivity contribution in [2.45, 2.75) is 33.1 Å². The van der Waals surface area contributed by atoms with Gasteiger partial charge in [-0.15, -0.1) is 0 Å². The monoisotopic (exact) mass is 250 g/mol. The van der Waals surface area contributed by atoms with Gasteiger partial charge in [-0.2, -0.15) is 0 Å². The van der Waals surface area contributed by atoms with Gasteiger partial charge in [0, 0.05) is 0 Å². The Kier molecular flexibility index (Phi) is 5.69. The third-order valence-corrected chi connectivity index (χ3v) is 2.71. The van der Waals surface area contributed by atoms with Gasteiger partial charge < -0.3 is 9.47 Å². The fourth-order valence-electron chi connectivity index (χ4n) is 1.63. The van der Waals surface area contributed by atoms with Crippen molar-refractivity contribution in [2.24, 2.45) is 5.92 Å². The number of methoxy groups -OCH3 is 1. The fraction of sp³-hybridized carbons (Fsp3) is 0.533. The second-order valence-electron chi connectivity index (χ2n) is 4.96. The van der Waals surface area contributed by atoms with E-state index >= 15 is 0 Å². The zero-order valence-electron chi connectivity index (χ0n) is 11.6. The standard InChI is InChI=1S/C15H22O3/c1-11(2)10-18-15(16)8-12(3)13-6-5-7-14(9-13)17-4/h5-7,9,11-12H,8,10H2,1-4H3/t12-/m1/s1. The predicted molar refractivity (Wildman–Crippen MR) is 71.8 cm³/mol. The van der Waals surface area contributed by atoms with Gasteiger partial charge in [0.15, 0.2) is 0 Å². The number of rotatable bonds is 6. The minimum absolute atomic E-state index is 0.139. The molecule has 0 spiro atoms. The highest BCUT2D eigenvalue weighted by Crippen LogP contribution is 2.23. The van der Waals surface area contributed by atoms with E-state index in [0.717, 1.165) is 11.3 Å². The minimum Gasteiger partial charge on any atom is -0.497 e. The summed E-state index contributed by atoms with van der Waals surface area (Å²) < 4.78 is 10.4. The molecule has 0 aliphatic rings. The van der Waals surface area contributed by atoms with Crippen LogP contribution in [0.5, 0.6) is 5.75 Å². The molecule has 0 N–H and O–H groups in total. The lowest BCUT2D eigenvalue weighted by molar-refractivity contribution is -0.145. The van der Waals surface area contributed by atoms with Gasteiger partial charge in [0.25, 0.3) is 0 Å². The molecule has 0 unspecified atom stereocenters. The topological polar surface area (TPSA) is 35.5 Å². The Morgan fingerprint density at radius 3 is 2.61 bits per heavy atom. The van der Waals surface area contributed by atoms with Crippen molar-refractivity contribution in [3.63, 3.8) is 0 Å². The molecule has 1 aromatic carbocycles. The molecule has 3 nitrogen and oxygen atoms in total. The Morgan fingerprint density at radius 1 is 1.28 bits per heavy atom. The number of carbonyl (C=O) groups is 1. The first-order valence-corrected chi connectivity index (χ1v) is 6.32. The first-order chi connectivity index (χ1) is 8.52. The number of benzene rings is 1. The van der Waals surface area contributed by atoms with E-state index in [1.54, 1.807) is 7.11 Å². The maximum atomic E-state index is 11.6. The first-order valence-electron chi connectivity index (χ1n) is 6.32. The zero-order chi connectivity index (χ0) is 13.5. The quantitative estimate of drug-likeness (QED) is 0.726. The molecule has 0 aromatic heterocycles. The van der Waals surface area contributed by atoms with Crippen LogP contribution in [0.1, 0.15) is 38.7 Å². The summed E-state index contributed by atoms with van der Waals surface area (Å²) in [6, 6.07) is 7.79. The van der Waals surface area contributed by atoms with E-state index < -0.39 is 0 Å². The second-order valence-corrected chi connectivity index (χ2v) is 4.96. The van der Waals surface area contributed by atoms with E-state index in [0.29, 0.717) is 18.9 Å². The summed E-state index contributed by atoms with van der Waals surface area (Å²) in [6.45, 7) is 6.56. The van der Waals surface area contributed by atoms with Gasteiger partial charge in [-0.25, -0.2) is 0 Å².